The number of thiol groups is 1. The Labute approximate surface area is 64.1 Å². The minimum absolute atomic E-state index is 0.359. The third-order valence-electron chi connectivity index (χ3n) is 1.07. The summed E-state index contributed by atoms with van der Waals surface area (Å²) in [6, 6.07) is 0.359. The lowest BCUT2D eigenvalue weighted by Gasteiger charge is -2.01. The van der Waals surface area contributed by atoms with Crippen molar-refractivity contribution in [2.45, 2.75) is 12.5 Å². The normalized spacial score (nSPS) is 17.2. The van der Waals surface area contributed by atoms with Gasteiger partial charge in [0.1, 0.15) is 0 Å². The second-order valence-electron chi connectivity index (χ2n) is 2.11. The average molecular weight is 168 g/mol. The summed E-state index contributed by atoms with van der Waals surface area (Å²) in [5.41, 5.74) is 3.82. The molecule has 0 aliphatic carbocycles. The number of rotatable bonds is 4. The van der Waals surface area contributed by atoms with Crippen molar-refractivity contribution in [3.63, 3.8) is 0 Å². The van der Waals surface area contributed by atoms with E-state index < -0.39 is 10.8 Å². The third kappa shape index (κ3) is 6.34. The van der Waals surface area contributed by atoms with Crippen molar-refractivity contribution in [1.82, 2.24) is 0 Å². The third-order valence-corrected chi connectivity index (χ3v) is 2.40. The molecular formula is C5H14NOS2+. The van der Waals surface area contributed by atoms with Gasteiger partial charge in [0.25, 0.3) is 0 Å². The Bertz CT molecular complexity index is 97.0. The van der Waals surface area contributed by atoms with E-state index in [4.69, 9.17) is 0 Å². The zero-order chi connectivity index (χ0) is 7.28. The molecule has 4 heteroatoms. The number of hydrogen-bond acceptors (Lipinski definition) is 2. The van der Waals surface area contributed by atoms with Crippen LogP contribution in [0.5, 0.6) is 0 Å². The minimum atomic E-state index is -0.662. The SMILES string of the molecule is CS(=O)CCC([NH3+])CS. The van der Waals surface area contributed by atoms with Gasteiger partial charge in [-0.1, -0.05) is 0 Å². The van der Waals surface area contributed by atoms with Crippen LogP contribution in [-0.4, -0.2) is 28.0 Å². The van der Waals surface area contributed by atoms with Gasteiger partial charge in [0, 0.05) is 35.0 Å². The van der Waals surface area contributed by atoms with Gasteiger partial charge in [0.15, 0.2) is 0 Å². The second kappa shape index (κ2) is 5.26. The van der Waals surface area contributed by atoms with E-state index in [0.29, 0.717) is 6.04 Å². The maximum atomic E-state index is 10.5. The van der Waals surface area contributed by atoms with Gasteiger partial charge < -0.3 is 5.73 Å². The van der Waals surface area contributed by atoms with E-state index in [-0.39, 0.29) is 0 Å². The molecule has 0 aromatic rings. The highest BCUT2D eigenvalue weighted by Crippen LogP contribution is 1.89. The van der Waals surface area contributed by atoms with Crippen LogP contribution in [0.25, 0.3) is 0 Å². The molecule has 56 valence electrons. The van der Waals surface area contributed by atoms with Gasteiger partial charge in [-0.2, -0.15) is 12.6 Å². The maximum absolute atomic E-state index is 10.5. The first-order chi connectivity index (χ1) is 4.16. The molecule has 0 aliphatic rings. The highest BCUT2D eigenvalue weighted by atomic mass is 32.2. The summed E-state index contributed by atoms with van der Waals surface area (Å²) in [5.74, 6) is 1.55. The standard InChI is InChI=1S/C5H13NOS2/c1-9(7)3-2-5(6)4-8/h5,8H,2-4,6H2,1H3/p+1. The van der Waals surface area contributed by atoms with Crippen molar-refractivity contribution in [3.05, 3.63) is 0 Å². The summed E-state index contributed by atoms with van der Waals surface area (Å²) >= 11 is 4.06. The molecule has 0 aromatic heterocycles. The first kappa shape index (κ1) is 9.46. The molecule has 0 aliphatic heterocycles. The van der Waals surface area contributed by atoms with Crippen molar-refractivity contribution in [2.24, 2.45) is 0 Å². The molecule has 0 fully saturated rings. The molecule has 2 unspecified atom stereocenters. The molecular weight excluding hydrogens is 154 g/mol. The quantitative estimate of drug-likeness (QED) is 0.536. The lowest BCUT2D eigenvalue weighted by molar-refractivity contribution is -0.412. The first-order valence-electron chi connectivity index (χ1n) is 2.90. The van der Waals surface area contributed by atoms with E-state index in [9.17, 15) is 4.21 Å². The fraction of sp³-hybridized carbons (Fsp3) is 1.00. The van der Waals surface area contributed by atoms with Gasteiger partial charge >= 0.3 is 0 Å². The van der Waals surface area contributed by atoms with Crippen LogP contribution in [0.15, 0.2) is 0 Å². The van der Waals surface area contributed by atoms with Gasteiger partial charge in [-0.3, -0.25) is 4.21 Å². The summed E-state index contributed by atoms with van der Waals surface area (Å²) < 4.78 is 10.5. The predicted octanol–water partition coefficient (Wildman–Crippen LogP) is -0.705. The largest absolute Gasteiger partial charge is 0.354 e. The van der Waals surface area contributed by atoms with Crippen LogP contribution in [0.1, 0.15) is 6.42 Å². The first-order valence-corrected chi connectivity index (χ1v) is 5.26. The molecule has 0 spiro atoms. The van der Waals surface area contributed by atoms with Gasteiger partial charge in [-0.25, -0.2) is 0 Å². The zero-order valence-electron chi connectivity index (χ0n) is 5.67. The highest BCUT2D eigenvalue weighted by Gasteiger charge is 2.02. The van der Waals surface area contributed by atoms with E-state index in [1.807, 2.05) is 0 Å². The van der Waals surface area contributed by atoms with Crippen LogP contribution in [0.2, 0.25) is 0 Å². The minimum Gasteiger partial charge on any atom is -0.354 e. The molecule has 0 aromatic carbocycles. The van der Waals surface area contributed by atoms with E-state index in [2.05, 4.69) is 18.4 Å². The summed E-state index contributed by atoms with van der Waals surface area (Å²) in [5, 5.41) is 0. The van der Waals surface area contributed by atoms with E-state index in [1.54, 1.807) is 6.26 Å². The predicted molar refractivity (Wildman–Crippen MR) is 44.1 cm³/mol. The van der Waals surface area contributed by atoms with Gasteiger partial charge in [-0.05, 0) is 0 Å². The summed E-state index contributed by atoms with van der Waals surface area (Å²) in [6.45, 7) is 0. The molecule has 3 N–H and O–H groups in total. The molecule has 0 bridgehead atoms. The van der Waals surface area contributed by atoms with E-state index in [0.717, 1.165) is 17.9 Å². The van der Waals surface area contributed by atoms with Crippen molar-refractivity contribution < 1.29 is 9.94 Å². The van der Waals surface area contributed by atoms with Gasteiger partial charge in [0.2, 0.25) is 0 Å². The average Bonchev–Trinajstić information content (AvgIpc) is 1.83. The molecule has 0 rings (SSSR count). The topological polar surface area (TPSA) is 44.7 Å². The van der Waals surface area contributed by atoms with Crippen molar-refractivity contribution in [3.8, 4) is 0 Å². The Morgan fingerprint density at radius 1 is 1.78 bits per heavy atom. The molecule has 0 radical (unpaired) electrons. The van der Waals surface area contributed by atoms with Gasteiger partial charge in [0.05, 0.1) is 6.04 Å². The van der Waals surface area contributed by atoms with Crippen molar-refractivity contribution in [2.75, 3.05) is 17.8 Å². The van der Waals surface area contributed by atoms with Crippen molar-refractivity contribution >= 4 is 23.4 Å². The lowest BCUT2D eigenvalue weighted by atomic mass is 10.3. The van der Waals surface area contributed by atoms with Crippen LogP contribution >= 0.6 is 12.6 Å². The fourth-order valence-electron chi connectivity index (χ4n) is 0.424. The molecule has 0 saturated heterocycles. The van der Waals surface area contributed by atoms with Crippen LogP contribution in [0.4, 0.5) is 0 Å². The Kier molecular flexibility index (Phi) is 5.53. The maximum Gasteiger partial charge on any atom is 0.0941 e. The lowest BCUT2D eigenvalue weighted by Crippen LogP contribution is -2.62. The molecule has 0 saturated carbocycles. The Morgan fingerprint density at radius 3 is 2.67 bits per heavy atom. The van der Waals surface area contributed by atoms with Crippen LogP contribution in [0, 0.1) is 0 Å². The molecule has 2 atom stereocenters. The zero-order valence-corrected chi connectivity index (χ0v) is 7.38. The second-order valence-corrected chi connectivity index (χ2v) is 4.03. The fourth-order valence-corrected chi connectivity index (χ4v) is 1.27. The summed E-state index contributed by atoms with van der Waals surface area (Å²) in [6.07, 6.45) is 2.64. The molecule has 0 heterocycles. The monoisotopic (exact) mass is 168 g/mol. The highest BCUT2D eigenvalue weighted by molar-refractivity contribution is 7.84. The number of quaternary nitrogens is 1. The summed E-state index contributed by atoms with van der Waals surface area (Å²) in [4.78, 5) is 0. The Balaban J connectivity index is 3.16. The van der Waals surface area contributed by atoms with E-state index >= 15 is 0 Å². The van der Waals surface area contributed by atoms with Crippen LogP contribution < -0.4 is 5.73 Å². The Morgan fingerprint density at radius 2 is 2.33 bits per heavy atom. The number of hydrogen-bond donors (Lipinski definition) is 2. The van der Waals surface area contributed by atoms with Crippen LogP contribution in [-0.2, 0) is 10.8 Å². The molecule has 9 heavy (non-hydrogen) atoms. The smallest absolute Gasteiger partial charge is 0.0941 e. The molecule has 2 nitrogen and oxygen atoms in total. The van der Waals surface area contributed by atoms with E-state index in [1.165, 1.54) is 0 Å². The molecule has 0 amide bonds. The van der Waals surface area contributed by atoms with Gasteiger partial charge in [-0.15, -0.1) is 0 Å². The summed E-state index contributed by atoms with van der Waals surface area (Å²) in [7, 11) is -0.662. The Hall–Kier alpha value is 0.460. The van der Waals surface area contributed by atoms with Crippen molar-refractivity contribution in [1.29, 1.82) is 0 Å². The van der Waals surface area contributed by atoms with Crippen LogP contribution in [0.3, 0.4) is 0 Å².